The van der Waals surface area contributed by atoms with E-state index in [1.807, 2.05) is 20.8 Å². The molecule has 124 valence electrons. The van der Waals surface area contributed by atoms with Crippen molar-refractivity contribution in [3.8, 4) is 16.3 Å². The van der Waals surface area contributed by atoms with Crippen LogP contribution >= 0.6 is 11.3 Å². The van der Waals surface area contributed by atoms with E-state index in [4.69, 9.17) is 4.74 Å². The average molecular weight is 336 g/mol. The van der Waals surface area contributed by atoms with E-state index in [-0.39, 0.29) is 11.9 Å². The first-order chi connectivity index (χ1) is 10.9. The second-order valence-corrected chi connectivity index (χ2v) is 6.40. The molecular formula is C17H21FN2O2S. The number of hydrogen-bond acceptors (Lipinski definition) is 4. The maximum atomic E-state index is 14.3. The van der Waals surface area contributed by atoms with Crippen LogP contribution in [0.4, 0.5) is 4.39 Å². The minimum Gasteiger partial charge on any atom is -0.494 e. The van der Waals surface area contributed by atoms with E-state index in [9.17, 15) is 9.18 Å². The Labute approximate surface area is 139 Å². The van der Waals surface area contributed by atoms with Gasteiger partial charge in [-0.3, -0.25) is 4.79 Å². The van der Waals surface area contributed by atoms with E-state index in [1.54, 1.807) is 29.5 Å². The first-order valence-electron chi connectivity index (χ1n) is 7.59. The molecule has 1 heterocycles. The lowest BCUT2D eigenvalue weighted by molar-refractivity contribution is 0.0750. The third kappa shape index (κ3) is 4.07. The molecule has 6 heteroatoms. The van der Waals surface area contributed by atoms with E-state index in [1.165, 1.54) is 17.4 Å². The summed E-state index contributed by atoms with van der Waals surface area (Å²) in [5.74, 6) is -0.0597. The average Bonchev–Trinajstić information content (AvgIpc) is 3.01. The summed E-state index contributed by atoms with van der Waals surface area (Å²) in [6.07, 6.45) is 0.866. The summed E-state index contributed by atoms with van der Waals surface area (Å²) in [6, 6.07) is 4.80. The summed E-state index contributed by atoms with van der Waals surface area (Å²) in [7, 11) is 1.73. The quantitative estimate of drug-likeness (QED) is 0.793. The van der Waals surface area contributed by atoms with Gasteiger partial charge in [0.05, 0.1) is 6.61 Å². The third-order valence-electron chi connectivity index (χ3n) is 3.46. The summed E-state index contributed by atoms with van der Waals surface area (Å²) < 4.78 is 19.7. The van der Waals surface area contributed by atoms with Crippen molar-refractivity contribution in [3.63, 3.8) is 0 Å². The number of carbonyl (C=O) groups is 1. The zero-order chi connectivity index (χ0) is 17.0. The Morgan fingerprint density at radius 2 is 2.17 bits per heavy atom. The van der Waals surface area contributed by atoms with E-state index in [2.05, 4.69) is 4.98 Å². The second-order valence-electron chi connectivity index (χ2n) is 5.54. The van der Waals surface area contributed by atoms with E-state index in [0.717, 1.165) is 6.42 Å². The smallest absolute Gasteiger partial charge is 0.273 e. The Balaban J connectivity index is 2.22. The monoisotopic (exact) mass is 336 g/mol. The van der Waals surface area contributed by atoms with Crippen LogP contribution < -0.4 is 4.74 Å². The molecule has 0 aliphatic heterocycles. The van der Waals surface area contributed by atoms with Crippen molar-refractivity contribution in [2.24, 2.45) is 0 Å². The number of thiazole rings is 1. The van der Waals surface area contributed by atoms with E-state index < -0.39 is 5.82 Å². The number of carbonyl (C=O) groups excluding carboxylic acids is 1. The topological polar surface area (TPSA) is 42.4 Å². The highest BCUT2D eigenvalue weighted by Gasteiger charge is 2.19. The molecule has 0 atom stereocenters. The standard InChI is InChI=1S/C17H21FN2O2S/c1-5-8-22-12-6-7-13(14(18)9-12)16-19-15(10-23-16)17(21)20(4)11(2)3/h6-7,9-11H,5,8H2,1-4H3. The zero-order valence-electron chi connectivity index (χ0n) is 13.8. The first-order valence-corrected chi connectivity index (χ1v) is 8.47. The number of aromatic nitrogens is 1. The van der Waals surface area contributed by atoms with Gasteiger partial charge in [-0.2, -0.15) is 0 Å². The molecule has 0 saturated carbocycles. The van der Waals surface area contributed by atoms with Gasteiger partial charge in [-0.25, -0.2) is 9.37 Å². The molecule has 2 rings (SSSR count). The van der Waals surface area contributed by atoms with Crippen molar-refractivity contribution in [3.05, 3.63) is 35.1 Å². The predicted octanol–water partition coefficient (Wildman–Crippen LogP) is 4.22. The molecule has 0 aliphatic carbocycles. The lowest BCUT2D eigenvalue weighted by Crippen LogP contribution is -2.33. The van der Waals surface area contributed by atoms with Gasteiger partial charge in [-0.1, -0.05) is 6.92 Å². The Bertz CT molecular complexity index is 685. The molecule has 1 aromatic carbocycles. The number of hydrogen-bond donors (Lipinski definition) is 0. The number of benzene rings is 1. The van der Waals surface area contributed by atoms with Crippen molar-refractivity contribution >= 4 is 17.2 Å². The minimum atomic E-state index is -0.399. The number of rotatable bonds is 6. The van der Waals surface area contributed by atoms with E-state index >= 15 is 0 Å². The molecule has 0 radical (unpaired) electrons. The van der Waals surface area contributed by atoms with Crippen LogP contribution in [0.5, 0.6) is 5.75 Å². The van der Waals surface area contributed by atoms with Gasteiger partial charge in [0.1, 0.15) is 22.3 Å². The van der Waals surface area contributed by atoms with Crippen molar-refractivity contribution in [2.45, 2.75) is 33.2 Å². The fourth-order valence-electron chi connectivity index (χ4n) is 1.89. The van der Waals surface area contributed by atoms with Gasteiger partial charge in [0.25, 0.3) is 5.91 Å². The maximum absolute atomic E-state index is 14.3. The summed E-state index contributed by atoms with van der Waals surface area (Å²) in [5.41, 5.74) is 0.719. The van der Waals surface area contributed by atoms with Crippen LogP contribution in [-0.4, -0.2) is 35.5 Å². The minimum absolute atomic E-state index is 0.0828. The van der Waals surface area contributed by atoms with Crippen molar-refractivity contribution in [1.82, 2.24) is 9.88 Å². The molecular weight excluding hydrogens is 315 g/mol. The van der Waals surface area contributed by atoms with Crippen molar-refractivity contribution in [2.75, 3.05) is 13.7 Å². The van der Waals surface area contributed by atoms with Crippen LogP contribution in [0, 0.1) is 5.82 Å². The lowest BCUT2D eigenvalue weighted by atomic mass is 10.2. The maximum Gasteiger partial charge on any atom is 0.273 e. The molecule has 0 unspecified atom stereocenters. The first kappa shape index (κ1) is 17.4. The molecule has 0 fully saturated rings. The van der Waals surface area contributed by atoms with E-state index in [0.29, 0.717) is 28.6 Å². The van der Waals surface area contributed by atoms with Gasteiger partial charge in [0.2, 0.25) is 0 Å². The van der Waals surface area contributed by atoms with Crippen molar-refractivity contribution in [1.29, 1.82) is 0 Å². The summed E-state index contributed by atoms with van der Waals surface area (Å²) in [5, 5.41) is 2.15. The highest BCUT2D eigenvalue weighted by Crippen LogP contribution is 2.29. The summed E-state index contributed by atoms with van der Waals surface area (Å²) in [6.45, 7) is 6.41. The van der Waals surface area contributed by atoms with Gasteiger partial charge in [-0.15, -0.1) is 11.3 Å². The summed E-state index contributed by atoms with van der Waals surface area (Å²) in [4.78, 5) is 18.1. The largest absolute Gasteiger partial charge is 0.494 e. The lowest BCUT2D eigenvalue weighted by Gasteiger charge is -2.20. The molecule has 1 aromatic heterocycles. The SMILES string of the molecule is CCCOc1ccc(-c2nc(C(=O)N(C)C(C)C)cs2)c(F)c1. The molecule has 1 amide bonds. The molecule has 23 heavy (non-hydrogen) atoms. The highest BCUT2D eigenvalue weighted by atomic mass is 32.1. The second kappa shape index (κ2) is 7.55. The number of halogens is 1. The molecule has 0 saturated heterocycles. The van der Waals surface area contributed by atoms with Crippen LogP contribution in [0.3, 0.4) is 0 Å². The molecule has 4 nitrogen and oxygen atoms in total. The van der Waals surface area contributed by atoms with Gasteiger partial charge in [0.15, 0.2) is 0 Å². The molecule has 2 aromatic rings. The van der Waals surface area contributed by atoms with Crippen LogP contribution in [0.15, 0.2) is 23.6 Å². The molecule has 0 N–H and O–H groups in total. The molecule has 0 spiro atoms. The fourth-order valence-corrected chi connectivity index (χ4v) is 2.71. The number of ether oxygens (including phenoxy) is 1. The van der Waals surface area contributed by atoms with Crippen LogP contribution in [0.1, 0.15) is 37.7 Å². The number of nitrogens with zero attached hydrogens (tertiary/aromatic N) is 2. The highest BCUT2D eigenvalue weighted by molar-refractivity contribution is 7.13. The Hall–Kier alpha value is -1.95. The normalized spacial score (nSPS) is 10.9. The zero-order valence-corrected chi connectivity index (χ0v) is 14.6. The van der Waals surface area contributed by atoms with Crippen molar-refractivity contribution < 1.29 is 13.9 Å². The number of amides is 1. The summed E-state index contributed by atoms with van der Waals surface area (Å²) >= 11 is 1.26. The van der Waals surface area contributed by atoms with Gasteiger partial charge in [0, 0.05) is 30.1 Å². The predicted molar refractivity (Wildman–Crippen MR) is 90.5 cm³/mol. The Morgan fingerprint density at radius 3 is 2.78 bits per heavy atom. The molecule has 0 aliphatic rings. The van der Waals surface area contributed by atoms with Gasteiger partial charge >= 0.3 is 0 Å². The van der Waals surface area contributed by atoms with Crippen LogP contribution in [-0.2, 0) is 0 Å². The Kier molecular flexibility index (Phi) is 5.71. The molecule has 0 bridgehead atoms. The third-order valence-corrected chi connectivity index (χ3v) is 4.34. The van der Waals surface area contributed by atoms with Crippen LogP contribution in [0.25, 0.3) is 10.6 Å². The van der Waals surface area contributed by atoms with Gasteiger partial charge in [-0.05, 0) is 32.4 Å². The van der Waals surface area contributed by atoms with Gasteiger partial charge < -0.3 is 9.64 Å². The Morgan fingerprint density at radius 1 is 1.43 bits per heavy atom. The van der Waals surface area contributed by atoms with Crippen LogP contribution in [0.2, 0.25) is 0 Å². The fraction of sp³-hybridized carbons (Fsp3) is 0.412.